The molecule has 1 heterocycles. The Morgan fingerprint density at radius 3 is 2.37 bits per heavy atom. The first-order valence-corrected chi connectivity index (χ1v) is 9.95. The third-order valence-electron chi connectivity index (χ3n) is 5.66. The quantitative estimate of drug-likeness (QED) is 0.567. The highest BCUT2D eigenvalue weighted by Crippen LogP contribution is 2.45. The van der Waals surface area contributed by atoms with Crippen molar-refractivity contribution < 1.29 is 14.3 Å². The van der Waals surface area contributed by atoms with Gasteiger partial charge in [0.25, 0.3) is 0 Å². The van der Waals surface area contributed by atoms with E-state index in [9.17, 15) is 4.79 Å². The molecule has 0 saturated carbocycles. The maximum Gasteiger partial charge on any atom is 0.235 e. The minimum Gasteiger partial charge on any atom is -0.497 e. The number of hydrogen-bond acceptors (Lipinski definition) is 3. The van der Waals surface area contributed by atoms with E-state index in [0.717, 1.165) is 33.9 Å². The summed E-state index contributed by atoms with van der Waals surface area (Å²) in [6, 6.07) is 23.9. The van der Waals surface area contributed by atoms with E-state index in [1.807, 2.05) is 73.8 Å². The molecule has 0 saturated heterocycles. The first-order valence-electron chi connectivity index (χ1n) is 9.95. The summed E-state index contributed by atoms with van der Waals surface area (Å²) in [5.41, 5.74) is 4.08. The second-order valence-corrected chi connectivity index (χ2v) is 7.37. The number of anilines is 1. The fraction of sp³-hybridized carbons (Fsp3) is 0.192. The van der Waals surface area contributed by atoms with Crippen molar-refractivity contribution in [1.82, 2.24) is 0 Å². The molecule has 4 rings (SSSR count). The highest BCUT2D eigenvalue weighted by Gasteiger charge is 2.39. The number of methoxy groups -OCH3 is 2. The summed E-state index contributed by atoms with van der Waals surface area (Å²) in [7, 11) is 5.16. The molecule has 1 aliphatic rings. The lowest BCUT2D eigenvalue weighted by Gasteiger charge is -2.21. The zero-order valence-corrected chi connectivity index (χ0v) is 17.4. The Hall–Kier alpha value is -3.53. The molecule has 0 bridgehead atoms. The Labute approximate surface area is 177 Å². The predicted octanol–water partition coefficient (Wildman–Crippen LogP) is 5.26. The molecule has 152 valence electrons. The maximum absolute atomic E-state index is 13.3. The summed E-state index contributed by atoms with van der Waals surface area (Å²) in [6.45, 7) is 0. The largest absolute Gasteiger partial charge is 0.497 e. The van der Waals surface area contributed by atoms with Crippen LogP contribution in [0, 0.1) is 0 Å². The van der Waals surface area contributed by atoms with Crippen LogP contribution in [0.1, 0.15) is 28.5 Å². The summed E-state index contributed by atoms with van der Waals surface area (Å²) in [6.07, 6.45) is 4.17. The number of hydrogen-bond donors (Lipinski definition) is 0. The van der Waals surface area contributed by atoms with Gasteiger partial charge in [0.2, 0.25) is 5.91 Å². The van der Waals surface area contributed by atoms with Crippen molar-refractivity contribution in [3.8, 4) is 11.5 Å². The van der Waals surface area contributed by atoms with E-state index in [-0.39, 0.29) is 17.7 Å². The summed E-state index contributed by atoms with van der Waals surface area (Å²) in [5, 5.41) is 0. The van der Waals surface area contributed by atoms with Crippen LogP contribution in [0.5, 0.6) is 11.5 Å². The molecule has 2 atom stereocenters. The molecule has 0 aromatic heterocycles. The van der Waals surface area contributed by atoms with Gasteiger partial charge in [0, 0.05) is 18.7 Å². The van der Waals surface area contributed by atoms with E-state index < -0.39 is 0 Å². The number of carbonyl (C=O) groups is 1. The second kappa shape index (κ2) is 8.46. The molecule has 1 amide bonds. The van der Waals surface area contributed by atoms with Crippen LogP contribution in [-0.4, -0.2) is 27.2 Å². The first-order chi connectivity index (χ1) is 14.6. The van der Waals surface area contributed by atoms with Crippen LogP contribution in [0.15, 0.2) is 78.9 Å². The molecule has 0 aliphatic carbocycles. The number of para-hydroxylation sites is 1. The van der Waals surface area contributed by atoms with Gasteiger partial charge >= 0.3 is 0 Å². The number of allylic oxidation sites excluding steroid dienone is 1. The average Bonchev–Trinajstić information content (AvgIpc) is 3.05. The third-order valence-corrected chi connectivity index (χ3v) is 5.66. The van der Waals surface area contributed by atoms with Gasteiger partial charge in [-0.25, -0.2) is 0 Å². The van der Waals surface area contributed by atoms with Crippen molar-refractivity contribution in [2.75, 3.05) is 26.2 Å². The van der Waals surface area contributed by atoms with Crippen LogP contribution in [-0.2, 0) is 4.79 Å². The zero-order valence-electron chi connectivity index (χ0n) is 17.4. The standard InChI is InChI=1S/C26H25NO3/c1-27-24-13-5-4-12-23(24)25(26(27)28)22(19-9-7-11-21(17-19)30-3)15-14-18-8-6-10-20(16-18)29-2/h4-17,22,25H,1-3H3/b15-14+/t22-,25+/m0/s1. The summed E-state index contributed by atoms with van der Waals surface area (Å²) < 4.78 is 10.8. The number of amides is 1. The zero-order chi connectivity index (χ0) is 21.1. The molecular formula is C26H25NO3. The summed E-state index contributed by atoms with van der Waals surface area (Å²) in [5.74, 6) is 1.25. The van der Waals surface area contributed by atoms with Crippen molar-refractivity contribution in [2.45, 2.75) is 11.8 Å². The minimum absolute atomic E-state index is 0.0966. The van der Waals surface area contributed by atoms with Crippen molar-refractivity contribution in [3.63, 3.8) is 0 Å². The molecule has 0 unspecified atom stereocenters. The molecule has 3 aromatic rings. The van der Waals surface area contributed by atoms with E-state index in [0.29, 0.717) is 0 Å². The molecule has 0 N–H and O–H groups in total. The Balaban J connectivity index is 1.80. The predicted molar refractivity (Wildman–Crippen MR) is 120 cm³/mol. The van der Waals surface area contributed by atoms with Gasteiger partial charge in [0.05, 0.1) is 20.1 Å². The van der Waals surface area contributed by atoms with E-state index in [4.69, 9.17) is 9.47 Å². The molecule has 1 aliphatic heterocycles. The number of rotatable bonds is 6. The second-order valence-electron chi connectivity index (χ2n) is 7.37. The SMILES string of the molecule is COc1cccc(/C=C/[C@@H](c2cccc(OC)c2)[C@H]2C(=O)N(C)c3ccccc32)c1. The number of benzene rings is 3. The van der Waals surface area contributed by atoms with Crippen molar-refractivity contribution in [1.29, 1.82) is 0 Å². The van der Waals surface area contributed by atoms with Crippen molar-refractivity contribution in [2.24, 2.45) is 0 Å². The van der Waals surface area contributed by atoms with Crippen molar-refractivity contribution in [3.05, 3.63) is 95.6 Å². The number of ether oxygens (including phenoxy) is 2. The van der Waals surface area contributed by atoms with E-state index in [1.165, 1.54) is 0 Å². The number of likely N-dealkylation sites (N-methyl/N-ethyl adjacent to an activating group) is 1. The molecular weight excluding hydrogens is 374 g/mol. The fourth-order valence-electron chi connectivity index (χ4n) is 4.09. The Morgan fingerprint density at radius 2 is 1.60 bits per heavy atom. The van der Waals surface area contributed by atoms with Crippen LogP contribution < -0.4 is 14.4 Å². The highest BCUT2D eigenvalue weighted by molar-refractivity contribution is 6.05. The highest BCUT2D eigenvalue weighted by atomic mass is 16.5. The Kier molecular flexibility index (Phi) is 5.57. The van der Waals surface area contributed by atoms with Gasteiger partial charge in [-0.05, 0) is 47.0 Å². The molecule has 4 nitrogen and oxygen atoms in total. The third kappa shape index (κ3) is 3.69. The molecule has 3 aromatic carbocycles. The van der Waals surface area contributed by atoms with Gasteiger partial charge < -0.3 is 14.4 Å². The van der Waals surface area contributed by atoms with Crippen LogP contribution in [0.3, 0.4) is 0 Å². The van der Waals surface area contributed by atoms with Gasteiger partial charge in [-0.15, -0.1) is 0 Å². The summed E-state index contributed by atoms with van der Waals surface area (Å²) >= 11 is 0. The fourth-order valence-corrected chi connectivity index (χ4v) is 4.09. The minimum atomic E-state index is -0.292. The van der Waals surface area contributed by atoms with Crippen LogP contribution in [0.4, 0.5) is 5.69 Å². The van der Waals surface area contributed by atoms with Gasteiger partial charge in [-0.3, -0.25) is 4.79 Å². The molecule has 4 heteroatoms. The van der Waals surface area contributed by atoms with Crippen LogP contribution in [0.25, 0.3) is 6.08 Å². The first kappa shape index (κ1) is 19.8. The smallest absolute Gasteiger partial charge is 0.235 e. The lowest BCUT2D eigenvalue weighted by Crippen LogP contribution is -2.26. The molecule has 30 heavy (non-hydrogen) atoms. The van der Waals surface area contributed by atoms with E-state index in [1.54, 1.807) is 19.1 Å². The van der Waals surface area contributed by atoms with E-state index in [2.05, 4.69) is 18.2 Å². The lowest BCUT2D eigenvalue weighted by molar-refractivity contribution is -0.119. The molecule has 0 spiro atoms. The molecule has 0 radical (unpaired) electrons. The Bertz CT molecular complexity index is 1090. The Morgan fingerprint density at radius 1 is 0.900 bits per heavy atom. The normalized spacial score (nSPS) is 16.6. The van der Waals surface area contributed by atoms with Gasteiger partial charge in [-0.2, -0.15) is 0 Å². The number of fused-ring (bicyclic) bond motifs is 1. The number of carbonyl (C=O) groups excluding carboxylic acids is 1. The average molecular weight is 399 g/mol. The van der Waals surface area contributed by atoms with Gasteiger partial charge in [-0.1, -0.05) is 54.6 Å². The maximum atomic E-state index is 13.3. The number of nitrogens with zero attached hydrogens (tertiary/aromatic N) is 1. The van der Waals surface area contributed by atoms with Crippen LogP contribution >= 0.6 is 0 Å². The topological polar surface area (TPSA) is 38.8 Å². The summed E-state index contributed by atoms with van der Waals surface area (Å²) in [4.78, 5) is 15.0. The molecule has 0 fully saturated rings. The van der Waals surface area contributed by atoms with Gasteiger partial charge in [0.1, 0.15) is 11.5 Å². The van der Waals surface area contributed by atoms with E-state index >= 15 is 0 Å². The van der Waals surface area contributed by atoms with Crippen LogP contribution in [0.2, 0.25) is 0 Å². The van der Waals surface area contributed by atoms with Gasteiger partial charge in [0.15, 0.2) is 0 Å². The monoisotopic (exact) mass is 399 g/mol. The lowest BCUT2D eigenvalue weighted by atomic mass is 9.81. The van der Waals surface area contributed by atoms with Crippen molar-refractivity contribution >= 4 is 17.7 Å².